The minimum atomic E-state index is -0.576. The average molecular weight is 199 g/mol. The Labute approximate surface area is 81.0 Å². The molecule has 0 aliphatic rings. The average Bonchev–Trinajstić information content (AvgIpc) is 2.18. The van der Waals surface area contributed by atoms with Crippen molar-refractivity contribution in [3.05, 3.63) is 42.0 Å². The highest BCUT2D eigenvalue weighted by atomic mass is 19.1. The minimum absolute atomic E-state index is 0.0910. The van der Waals surface area contributed by atoms with Gasteiger partial charge in [0.1, 0.15) is 12.4 Å². The van der Waals surface area contributed by atoms with Crippen molar-refractivity contribution in [2.24, 2.45) is 5.73 Å². The lowest BCUT2D eigenvalue weighted by Crippen LogP contribution is -1.98. The molecule has 0 bridgehead atoms. The van der Waals surface area contributed by atoms with Gasteiger partial charge in [0.05, 0.1) is 0 Å². The van der Waals surface area contributed by atoms with Gasteiger partial charge in [-0.05, 0) is 12.1 Å². The van der Waals surface area contributed by atoms with Gasteiger partial charge in [-0.15, -0.1) is 0 Å². The molecule has 0 saturated carbocycles. The molecular weight excluding hydrogens is 188 g/mol. The van der Waals surface area contributed by atoms with Crippen LogP contribution in [0.1, 0.15) is 0 Å². The van der Waals surface area contributed by atoms with Crippen LogP contribution in [0, 0.1) is 11.6 Å². The molecule has 0 spiro atoms. The summed E-state index contributed by atoms with van der Waals surface area (Å²) in [5, 5.41) is 0. The number of hydrogen-bond donors (Lipinski definition) is 1. The van der Waals surface area contributed by atoms with E-state index in [-0.39, 0.29) is 12.4 Å². The molecule has 0 saturated heterocycles. The molecule has 0 aliphatic carbocycles. The van der Waals surface area contributed by atoms with Crippen molar-refractivity contribution in [2.45, 2.75) is 0 Å². The van der Waals surface area contributed by atoms with E-state index in [0.717, 1.165) is 18.2 Å². The lowest BCUT2D eigenvalue weighted by molar-refractivity contribution is 0.339. The first-order valence-electron chi connectivity index (χ1n) is 4.17. The second kappa shape index (κ2) is 5.34. The fraction of sp³-hybridized carbons (Fsp3) is 0.200. The summed E-state index contributed by atoms with van der Waals surface area (Å²) in [6.07, 6.45) is 3.32. The molecule has 0 atom stereocenters. The Hall–Kier alpha value is -1.42. The van der Waals surface area contributed by atoms with Crippen LogP contribution < -0.4 is 10.5 Å². The number of benzene rings is 1. The van der Waals surface area contributed by atoms with Crippen LogP contribution in [0.4, 0.5) is 8.78 Å². The molecule has 0 aliphatic heterocycles. The molecule has 1 rings (SSSR count). The Morgan fingerprint density at radius 2 is 2.07 bits per heavy atom. The summed E-state index contributed by atoms with van der Waals surface area (Å²) in [4.78, 5) is 0. The fourth-order valence-corrected chi connectivity index (χ4v) is 0.890. The molecule has 0 heterocycles. The topological polar surface area (TPSA) is 35.2 Å². The number of halogens is 2. The monoisotopic (exact) mass is 199 g/mol. The van der Waals surface area contributed by atoms with E-state index in [0.29, 0.717) is 6.54 Å². The maximum absolute atomic E-state index is 12.9. The predicted octanol–water partition coefficient (Wildman–Crippen LogP) is 1.86. The molecule has 0 fully saturated rings. The summed E-state index contributed by atoms with van der Waals surface area (Å²) in [6.45, 7) is 0.576. The zero-order valence-corrected chi connectivity index (χ0v) is 7.54. The van der Waals surface area contributed by atoms with E-state index in [1.54, 1.807) is 12.2 Å². The van der Waals surface area contributed by atoms with E-state index < -0.39 is 11.6 Å². The van der Waals surface area contributed by atoms with E-state index >= 15 is 0 Å². The molecule has 2 nitrogen and oxygen atoms in total. The van der Waals surface area contributed by atoms with Gasteiger partial charge in [-0.3, -0.25) is 0 Å². The molecule has 4 heteroatoms. The molecule has 0 radical (unpaired) electrons. The summed E-state index contributed by atoms with van der Waals surface area (Å²) in [5.74, 6) is -1.19. The SMILES string of the molecule is NC/C=C/COc1cc(F)ccc1F. The molecule has 1 aromatic carbocycles. The molecule has 0 unspecified atom stereocenters. The zero-order chi connectivity index (χ0) is 10.4. The van der Waals surface area contributed by atoms with Crippen molar-refractivity contribution in [2.75, 3.05) is 13.2 Å². The van der Waals surface area contributed by atoms with E-state index in [4.69, 9.17) is 10.5 Å². The van der Waals surface area contributed by atoms with Crippen LogP contribution in [0.3, 0.4) is 0 Å². The molecular formula is C10H11F2NO. The Balaban J connectivity index is 2.57. The van der Waals surface area contributed by atoms with Gasteiger partial charge in [-0.2, -0.15) is 0 Å². The van der Waals surface area contributed by atoms with Gasteiger partial charge in [0.2, 0.25) is 0 Å². The van der Waals surface area contributed by atoms with Crippen LogP contribution in [0.2, 0.25) is 0 Å². The van der Waals surface area contributed by atoms with E-state index in [1.807, 2.05) is 0 Å². The smallest absolute Gasteiger partial charge is 0.165 e. The summed E-state index contributed by atoms with van der Waals surface area (Å²) in [5.41, 5.74) is 5.19. The van der Waals surface area contributed by atoms with E-state index in [2.05, 4.69) is 0 Å². The Bertz CT molecular complexity index is 326. The maximum Gasteiger partial charge on any atom is 0.165 e. The van der Waals surface area contributed by atoms with Crippen molar-refractivity contribution < 1.29 is 13.5 Å². The first-order chi connectivity index (χ1) is 6.74. The van der Waals surface area contributed by atoms with Crippen LogP contribution in [0.5, 0.6) is 5.75 Å². The number of ether oxygens (including phenoxy) is 1. The quantitative estimate of drug-likeness (QED) is 0.751. The minimum Gasteiger partial charge on any atom is -0.486 e. The van der Waals surface area contributed by atoms with Crippen molar-refractivity contribution in [1.82, 2.24) is 0 Å². The Morgan fingerprint density at radius 1 is 1.29 bits per heavy atom. The van der Waals surface area contributed by atoms with Gasteiger partial charge in [-0.25, -0.2) is 8.78 Å². The summed E-state index contributed by atoms with van der Waals surface area (Å²) in [7, 11) is 0. The second-order valence-corrected chi connectivity index (χ2v) is 2.59. The molecule has 0 amide bonds. The van der Waals surface area contributed by atoms with Gasteiger partial charge < -0.3 is 10.5 Å². The van der Waals surface area contributed by atoms with E-state index in [9.17, 15) is 8.78 Å². The molecule has 1 aromatic rings. The number of rotatable bonds is 4. The van der Waals surface area contributed by atoms with Crippen LogP contribution in [-0.2, 0) is 0 Å². The molecule has 0 aromatic heterocycles. The second-order valence-electron chi connectivity index (χ2n) is 2.59. The van der Waals surface area contributed by atoms with Crippen molar-refractivity contribution in [1.29, 1.82) is 0 Å². The Kier molecular flexibility index (Phi) is 4.07. The van der Waals surface area contributed by atoms with Gasteiger partial charge in [-0.1, -0.05) is 12.2 Å². The van der Waals surface area contributed by atoms with Crippen LogP contribution in [0.25, 0.3) is 0 Å². The summed E-state index contributed by atoms with van der Waals surface area (Å²) < 4.78 is 30.5. The highest BCUT2D eigenvalue weighted by Gasteiger charge is 2.03. The summed E-state index contributed by atoms with van der Waals surface area (Å²) in [6, 6.07) is 3.07. The zero-order valence-electron chi connectivity index (χ0n) is 7.54. The first-order valence-corrected chi connectivity index (χ1v) is 4.17. The highest BCUT2D eigenvalue weighted by Crippen LogP contribution is 2.17. The van der Waals surface area contributed by atoms with Crippen molar-refractivity contribution in [3.8, 4) is 5.75 Å². The van der Waals surface area contributed by atoms with Crippen molar-refractivity contribution in [3.63, 3.8) is 0 Å². The largest absolute Gasteiger partial charge is 0.486 e. The van der Waals surface area contributed by atoms with Gasteiger partial charge >= 0.3 is 0 Å². The third-order valence-corrected chi connectivity index (χ3v) is 1.53. The van der Waals surface area contributed by atoms with Gasteiger partial charge in [0.25, 0.3) is 0 Å². The third-order valence-electron chi connectivity index (χ3n) is 1.53. The lowest BCUT2D eigenvalue weighted by Gasteiger charge is -2.03. The predicted molar refractivity (Wildman–Crippen MR) is 50.0 cm³/mol. The first kappa shape index (κ1) is 10.7. The fourth-order valence-electron chi connectivity index (χ4n) is 0.890. The maximum atomic E-state index is 12.9. The van der Waals surface area contributed by atoms with E-state index in [1.165, 1.54) is 0 Å². The standard InChI is InChI=1S/C10H11F2NO/c11-8-3-4-9(12)10(7-8)14-6-2-1-5-13/h1-4,7H,5-6,13H2/b2-1+. The third kappa shape index (κ3) is 3.14. The highest BCUT2D eigenvalue weighted by molar-refractivity contribution is 5.25. The Morgan fingerprint density at radius 3 is 2.79 bits per heavy atom. The van der Waals surface area contributed by atoms with Gasteiger partial charge in [0.15, 0.2) is 11.6 Å². The molecule has 14 heavy (non-hydrogen) atoms. The van der Waals surface area contributed by atoms with Gasteiger partial charge in [0, 0.05) is 12.6 Å². The normalized spacial score (nSPS) is 10.8. The molecule has 2 N–H and O–H groups in total. The summed E-state index contributed by atoms with van der Waals surface area (Å²) >= 11 is 0. The van der Waals surface area contributed by atoms with Crippen molar-refractivity contribution >= 4 is 0 Å². The lowest BCUT2D eigenvalue weighted by atomic mass is 10.3. The van der Waals surface area contributed by atoms with Crippen LogP contribution in [-0.4, -0.2) is 13.2 Å². The molecule has 76 valence electrons. The van der Waals surface area contributed by atoms with Crippen LogP contribution >= 0.6 is 0 Å². The number of nitrogens with two attached hydrogens (primary N) is 1. The number of hydrogen-bond acceptors (Lipinski definition) is 2. The van der Waals surface area contributed by atoms with Crippen LogP contribution in [0.15, 0.2) is 30.4 Å².